The fourth-order valence-corrected chi connectivity index (χ4v) is 3.08. The lowest BCUT2D eigenvalue weighted by molar-refractivity contribution is 0.0517. The second kappa shape index (κ2) is 11.4. The molecule has 0 heterocycles. The van der Waals surface area contributed by atoms with Gasteiger partial charge in [0.2, 0.25) is 0 Å². The van der Waals surface area contributed by atoms with Gasteiger partial charge in [0.15, 0.2) is 0 Å². The largest absolute Gasteiger partial charge is 0.462 e. The molecule has 3 aromatic rings. The van der Waals surface area contributed by atoms with E-state index in [0.717, 1.165) is 0 Å². The summed E-state index contributed by atoms with van der Waals surface area (Å²) < 4.78 is 9.89. The van der Waals surface area contributed by atoms with Gasteiger partial charge >= 0.3 is 11.9 Å². The van der Waals surface area contributed by atoms with Gasteiger partial charge in [-0.25, -0.2) is 9.59 Å². The highest BCUT2D eigenvalue weighted by Gasteiger charge is 2.18. The van der Waals surface area contributed by atoms with Crippen molar-refractivity contribution in [3.8, 4) is 0 Å². The summed E-state index contributed by atoms with van der Waals surface area (Å²) in [4.78, 5) is 49.3. The van der Waals surface area contributed by atoms with Gasteiger partial charge in [-0.15, -0.1) is 0 Å². The van der Waals surface area contributed by atoms with E-state index in [1.807, 2.05) is 0 Å². The number of nitrogens with one attached hydrogen (secondary N) is 2. The zero-order valence-corrected chi connectivity index (χ0v) is 18.8. The second-order valence-corrected chi connectivity index (χ2v) is 7.05. The summed E-state index contributed by atoms with van der Waals surface area (Å²) in [6.45, 7) is 3.98. The molecule has 0 atom stereocenters. The van der Waals surface area contributed by atoms with Crippen molar-refractivity contribution in [3.63, 3.8) is 0 Å². The van der Waals surface area contributed by atoms with Crippen LogP contribution in [0, 0.1) is 0 Å². The van der Waals surface area contributed by atoms with E-state index in [-0.39, 0.29) is 24.3 Å². The topological polar surface area (TPSA) is 111 Å². The Labute approximate surface area is 196 Å². The van der Waals surface area contributed by atoms with Crippen LogP contribution in [0.25, 0.3) is 0 Å². The summed E-state index contributed by atoms with van der Waals surface area (Å²) in [7, 11) is 0. The number of carbonyl (C=O) groups excluding carboxylic acids is 4. The molecule has 0 aliphatic rings. The number of hydrogen-bond acceptors (Lipinski definition) is 6. The lowest BCUT2D eigenvalue weighted by Crippen LogP contribution is -2.20. The first-order valence-electron chi connectivity index (χ1n) is 10.7. The highest BCUT2D eigenvalue weighted by atomic mass is 16.5. The van der Waals surface area contributed by atoms with Crippen molar-refractivity contribution >= 4 is 35.1 Å². The van der Waals surface area contributed by atoms with Gasteiger partial charge in [-0.05, 0) is 74.5 Å². The molecule has 0 aromatic heterocycles. The minimum absolute atomic E-state index is 0.178. The lowest BCUT2D eigenvalue weighted by Gasteiger charge is -2.11. The van der Waals surface area contributed by atoms with Gasteiger partial charge in [-0.3, -0.25) is 9.59 Å². The van der Waals surface area contributed by atoms with Crippen LogP contribution >= 0.6 is 0 Å². The van der Waals surface area contributed by atoms with Crippen LogP contribution in [0.2, 0.25) is 0 Å². The summed E-state index contributed by atoms with van der Waals surface area (Å²) in [5.41, 5.74) is 2.02. The summed E-state index contributed by atoms with van der Waals surface area (Å²) in [5.74, 6) is -1.85. The van der Waals surface area contributed by atoms with Crippen LogP contribution in [0.5, 0.6) is 0 Å². The molecule has 3 aromatic carbocycles. The minimum Gasteiger partial charge on any atom is -0.462 e. The first-order valence-corrected chi connectivity index (χ1v) is 10.7. The molecule has 2 N–H and O–H groups in total. The molecule has 8 heteroatoms. The highest BCUT2D eigenvalue weighted by Crippen LogP contribution is 2.17. The fourth-order valence-electron chi connectivity index (χ4n) is 3.08. The SMILES string of the molecule is CCOC(=O)c1ccc(NC(=O)c2ccccc2C(=O)Nc2ccc(C(=O)OCC)cc2)cc1. The zero-order valence-electron chi connectivity index (χ0n) is 18.8. The molecule has 0 spiro atoms. The van der Waals surface area contributed by atoms with E-state index in [2.05, 4.69) is 10.6 Å². The molecule has 0 radical (unpaired) electrons. The van der Waals surface area contributed by atoms with Crippen molar-refractivity contribution in [3.05, 3.63) is 95.1 Å². The number of hydrogen-bond donors (Lipinski definition) is 2. The summed E-state index contributed by atoms with van der Waals surface area (Å²) in [5, 5.41) is 5.45. The normalized spacial score (nSPS) is 10.2. The second-order valence-electron chi connectivity index (χ2n) is 7.05. The van der Waals surface area contributed by atoms with Gasteiger partial charge in [-0.1, -0.05) is 12.1 Å². The fraction of sp³-hybridized carbons (Fsp3) is 0.154. The lowest BCUT2D eigenvalue weighted by atomic mass is 10.1. The third-order valence-electron chi connectivity index (χ3n) is 4.72. The van der Waals surface area contributed by atoms with E-state index in [4.69, 9.17) is 9.47 Å². The maximum Gasteiger partial charge on any atom is 0.338 e. The minimum atomic E-state index is -0.479. The van der Waals surface area contributed by atoms with E-state index in [9.17, 15) is 19.2 Å². The predicted molar refractivity (Wildman–Crippen MR) is 127 cm³/mol. The van der Waals surface area contributed by atoms with Crippen LogP contribution in [0.3, 0.4) is 0 Å². The molecule has 0 aliphatic carbocycles. The van der Waals surface area contributed by atoms with Crippen LogP contribution < -0.4 is 10.6 Å². The maximum absolute atomic E-state index is 12.9. The first-order chi connectivity index (χ1) is 16.4. The Kier molecular flexibility index (Phi) is 8.12. The Morgan fingerprint density at radius 2 is 0.941 bits per heavy atom. The Morgan fingerprint density at radius 1 is 0.588 bits per heavy atom. The number of rotatable bonds is 8. The Morgan fingerprint density at radius 3 is 1.26 bits per heavy atom. The highest BCUT2D eigenvalue weighted by molar-refractivity contribution is 6.15. The van der Waals surface area contributed by atoms with Crippen LogP contribution in [0.1, 0.15) is 55.3 Å². The molecule has 0 unspecified atom stereocenters. The average molecular weight is 460 g/mol. The molecule has 3 rings (SSSR count). The number of esters is 2. The monoisotopic (exact) mass is 460 g/mol. The van der Waals surface area contributed by atoms with Gasteiger partial charge < -0.3 is 20.1 Å². The Balaban J connectivity index is 1.71. The van der Waals surface area contributed by atoms with E-state index >= 15 is 0 Å². The van der Waals surface area contributed by atoms with E-state index in [1.165, 1.54) is 0 Å². The Bertz CT molecular complexity index is 1090. The van der Waals surface area contributed by atoms with Gasteiger partial charge in [0.1, 0.15) is 0 Å². The summed E-state index contributed by atoms with van der Waals surface area (Å²) >= 11 is 0. The van der Waals surface area contributed by atoms with Gasteiger partial charge in [0.25, 0.3) is 11.8 Å². The van der Waals surface area contributed by atoms with Gasteiger partial charge in [0.05, 0.1) is 35.5 Å². The third kappa shape index (κ3) is 6.07. The van der Waals surface area contributed by atoms with E-state index < -0.39 is 23.8 Å². The molecule has 0 fully saturated rings. The molecule has 0 bridgehead atoms. The third-order valence-corrected chi connectivity index (χ3v) is 4.72. The van der Waals surface area contributed by atoms with Gasteiger partial charge in [0, 0.05) is 11.4 Å². The number of carbonyl (C=O) groups is 4. The predicted octanol–water partition coefficient (Wildman–Crippen LogP) is 4.54. The van der Waals surface area contributed by atoms with Crippen molar-refractivity contribution in [2.75, 3.05) is 23.8 Å². The smallest absolute Gasteiger partial charge is 0.338 e. The molecular formula is C26H24N2O6. The Hall–Kier alpha value is -4.46. The number of ether oxygens (including phenoxy) is 2. The number of benzene rings is 3. The number of anilines is 2. The standard InChI is InChI=1S/C26H24N2O6/c1-3-33-25(31)17-9-13-19(14-10-17)27-23(29)21-7-5-6-8-22(21)24(30)28-20-15-11-18(12-16-20)26(32)34-4-2/h5-16H,3-4H2,1-2H3,(H,27,29)(H,28,30). The zero-order chi connectivity index (χ0) is 24.5. The van der Waals surface area contributed by atoms with Crippen molar-refractivity contribution in [1.82, 2.24) is 0 Å². The van der Waals surface area contributed by atoms with Crippen LogP contribution in [0.15, 0.2) is 72.8 Å². The van der Waals surface area contributed by atoms with Crippen molar-refractivity contribution in [1.29, 1.82) is 0 Å². The summed E-state index contributed by atoms with van der Waals surface area (Å²) in [6, 6.07) is 18.9. The molecule has 0 saturated carbocycles. The molecule has 0 aliphatic heterocycles. The molecule has 0 saturated heterocycles. The maximum atomic E-state index is 12.9. The molecule has 8 nitrogen and oxygen atoms in total. The first kappa shape index (κ1) is 24.2. The van der Waals surface area contributed by atoms with Crippen LogP contribution in [-0.2, 0) is 9.47 Å². The number of amides is 2. The van der Waals surface area contributed by atoms with Crippen molar-refractivity contribution < 1.29 is 28.7 Å². The van der Waals surface area contributed by atoms with Crippen molar-refractivity contribution in [2.24, 2.45) is 0 Å². The van der Waals surface area contributed by atoms with Crippen LogP contribution in [0.4, 0.5) is 11.4 Å². The van der Waals surface area contributed by atoms with Crippen LogP contribution in [-0.4, -0.2) is 37.0 Å². The van der Waals surface area contributed by atoms with E-state index in [1.54, 1.807) is 86.6 Å². The van der Waals surface area contributed by atoms with Crippen molar-refractivity contribution in [2.45, 2.75) is 13.8 Å². The van der Waals surface area contributed by atoms with Gasteiger partial charge in [-0.2, -0.15) is 0 Å². The molecule has 2 amide bonds. The molecule has 174 valence electrons. The summed E-state index contributed by atoms with van der Waals surface area (Å²) in [6.07, 6.45) is 0. The average Bonchev–Trinajstić information content (AvgIpc) is 2.85. The van der Waals surface area contributed by atoms with E-state index in [0.29, 0.717) is 22.5 Å². The molecule has 34 heavy (non-hydrogen) atoms. The molecular weight excluding hydrogens is 436 g/mol. The quantitative estimate of drug-likeness (QED) is 0.478.